The Bertz CT molecular complexity index is 1660. The quantitative estimate of drug-likeness (QED) is 0.226. The minimum absolute atomic E-state index is 0.197. The molecule has 0 fully saturated rings. The zero-order valence-corrected chi connectivity index (χ0v) is 25.0. The summed E-state index contributed by atoms with van der Waals surface area (Å²) in [6, 6.07) is 24.9. The molecule has 1 atom stereocenters. The number of amides is 2. The molecule has 0 bridgehead atoms. The first-order valence-electron chi connectivity index (χ1n) is 13.8. The number of anilines is 1. The Morgan fingerprint density at radius 2 is 1.64 bits per heavy atom. The number of fused-ring (bicyclic) bond motifs is 2. The fourth-order valence-electron chi connectivity index (χ4n) is 4.85. The Morgan fingerprint density at radius 3 is 2.43 bits per heavy atom. The number of benzene rings is 4. The smallest absolute Gasteiger partial charge is 0.259 e. The van der Waals surface area contributed by atoms with E-state index in [1.807, 2.05) is 44.2 Å². The summed E-state index contributed by atoms with van der Waals surface area (Å²) in [5.41, 5.74) is 2.96. The number of carbonyl (C=O) groups excluding carboxylic acids is 2. The summed E-state index contributed by atoms with van der Waals surface area (Å²) in [5, 5.41) is 3.51. The molecule has 0 radical (unpaired) electrons. The van der Waals surface area contributed by atoms with E-state index in [0.29, 0.717) is 69.3 Å². The zero-order valence-electron chi connectivity index (χ0n) is 23.4. The van der Waals surface area contributed by atoms with Gasteiger partial charge in [-0.25, -0.2) is 4.21 Å². The van der Waals surface area contributed by atoms with Gasteiger partial charge in [-0.05, 0) is 86.0 Å². The van der Waals surface area contributed by atoms with Gasteiger partial charge in [0.25, 0.3) is 11.8 Å². The van der Waals surface area contributed by atoms with E-state index in [0.717, 1.165) is 11.1 Å². The average Bonchev–Trinajstić information content (AvgIpc) is 3.08. The van der Waals surface area contributed by atoms with E-state index in [-0.39, 0.29) is 18.4 Å². The van der Waals surface area contributed by atoms with Gasteiger partial charge in [-0.1, -0.05) is 41.9 Å². The minimum atomic E-state index is -1.61. The third-order valence-electron chi connectivity index (χ3n) is 6.81. The first kappa shape index (κ1) is 29.4. The highest BCUT2D eigenvalue weighted by molar-refractivity contribution is 7.85. The van der Waals surface area contributed by atoms with Crippen molar-refractivity contribution >= 4 is 39.9 Å². The molecule has 4 aromatic carbocycles. The van der Waals surface area contributed by atoms with Crippen molar-refractivity contribution in [1.82, 2.24) is 5.32 Å². The van der Waals surface area contributed by atoms with E-state index in [1.54, 1.807) is 59.5 Å². The Labute approximate surface area is 252 Å². The molecular weight excluding hydrogens is 572 g/mol. The molecule has 9 heteroatoms. The first-order valence-corrected chi connectivity index (χ1v) is 15.3. The van der Waals surface area contributed by atoms with Crippen LogP contribution in [0.15, 0.2) is 94.7 Å². The fraction of sp³-hybridized carbons (Fsp3) is 0.212. The molecule has 7 nitrogen and oxygen atoms in total. The second kappa shape index (κ2) is 13.2. The van der Waals surface area contributed by atoms with E-state index in [4.69, 9.17) is 21.1 Å². The lowest BCUT2D eigenvalue weighted by Gasteiger charge is -2.24. The van der Waals surface area contributed by atoms with Gasteiger partial charge >= 0.3 is 0 Å². The molecule has 0 saturated carbocycles. The van der Waals surface area contributed by atoms with Crippen LogP contribution in [0, 0.1) is 0 Å². The Balaban J connectivity index is 1.40. The van der Waals surface area contributed by atoms with Crippen LogP contribution in [0.25, 0.3) is 0 Å². The number of rotatable bonds is 10. The molecule has 0 aliphatic carbocycles. The first-order chi connectivity index (χ1) is 20.4. The van der Waals surface area contributed by atoms with Gasteiger partial charge in [0.2, 0.25) is 0 Å². The topological polar surface area (TPSA) is 84.9 Å². The molecule has 2 amide bonds. The maximum absolute atomic E-state index is 13.8. The molecular formula is C33H31ClN2O5S. The van der Waals surface area contributed by atoms with E-state index in [2.05, 4.69) is 5.32 Å². The summed E-state index contributed by atoms with van der Waals surface area (Å²) in [6.45, 7) is 5.48. The van der Waals surface area contributed by atoms with E-state index >= 15 is 0 Å². The van der Waals surface area contributed by atoms with E-state index in [9.17, 15) is 13.8 Å². The predicted octanol–water partition coefficient (Wildman–Crippen LogP) is 6.44. The molecule has 0 aromatic heterocycles. The lowest BCUT2D eigenvalue weighted by atomic mass is 10.1. The Hall–Kier alpha value is -4.14. The lowest BCUT2D eigenvalue weighted by Crippen LogP contribution is -2.31. The largest absolute Gasteiger partial charge is 0.490 e. The highest BCUT2D eigenvalue weighted by atomic mass is 35.5. The molecule has 1 aliphatic heterocycles. The van der Waals surface area contributed by atoms with Crippen LogP contribution in [0.3, 0.4) is 0 Å². The van der Waals surface area contributed by atoms with Crippen molar-refractivity contribution in [1.29, 1.82) is 0 Å². The fourth-order valence-corrected chi connectivity index (χ4v) is 6.41. The number of nitrogens with one attached hydrogen (secondary N) is 1. The lowest BCUT2D eigenvalue weighted by molar-refractivity contribution is 0.0950. The van der Waals surface area contributed by atoms with Gasteiger partial charge in [-0.3, -0.25) is 9.59 Å². The van der Waals surface area contributed by atoms with Crippen LogP contribution < -0.4 is 19.7 Å². The van der Waals surface area contributed by atoms with E-state index in [1.165, 1.54) is 0 Å². The maximum Gasteiger partial charge on any atom is 0.259 e. The van der Waals surface area contributed by atoms with Crippen LogP contribution in [0.4, 0.5) is 5.69 Å². The summed E-state index contributed by atoms with van der Waals surface area (Å²) in [5.74, 6) is 0.771. The van der Waals surface area contributed by atoms with Crippen molar-refractivity contribution in [2.24, 2.45) is 0 Å². The molecule has 1 N–H and O–H groups in total. The number of nitrogens with zero attached hydrogens (tertiary/aromatic N) is 1. The molecule has 42 heavy (non-hydrogen) atoms. The van der Waals surface area contributed by atoms with Gasteiger partial charge < -0.3 is 19.7 Å². The summed E-state index contributed by atoms with van der Waals surface area (Å²) < 4.78 is 25.0. The molecule has 4 aromatic rings. The molecule has 1 aliphatic rings. The van der Waals surface area contributed by atoms with Crippen LogP contribution in [0.2, 0.25) is 5.02 Å². The van der Waals surface area contributed by atoms with Gasteiger partial charge in [0.05, 0.1) is 51.6 Å². The van der Waals surface area contributed by atoms with Gasteiger partial charge in [0, 0.05) is 17.1 Å². The number of hydrogen-bond acceptors (Lipinski definition) is 5. The third kappa shape index (κ3) is 6.35. The van der Waals surface area contributed by atoms with Crippen molar-refractivity contribution in [2.45, 2.75) is 36.6 Å². The number of hydrogen-bond donors (Lipinski definition) is 1. The van der Waals surface area contributed by atoms with Crippen molar-refractivity contribution < 1.29 is 23.3 Å². The molecule has 5 rings (SSSR count). The molecule has 0 saturated heterocycles. The normalized spacial score (nSPS) is 14.0. The standard InChI is InChI=1S/C33H31ClN2O5S/c1-3-40-28-14-12-22(19-29(28)41-4-2)16-17-35-32(37)24-13-15-31-27(20-24)36(21-23-8-7-9-25(34)18-23)33(38)26-10-5-6-11-30(26)42(31)39/h5-15,18-20H,3-4,16-17,21H2,1-2H3,(H,35,37)/t42-/m1/s1. The summed E-state index contributed by atoms with van der Waals surface area (Å²) in [6.07, 6.45) is 0.585. The number of carbonyl (C=O) groups is 2. The summed E-state index contributed by atoms with van der Waals surface area (Å²) in [4.78, 5) is 29.5. The molecule has 0 spiro atoms. The van der Waals surface area contributed by atoms with Crippen molar-refractivity contribution in [2.75, 3.05) is 24.7 Å². The van der Waals surface area contributed by atoms with Crippen LogP contribution in [-0.2, 0) is 23.8 Å². The molecule has 216 valence electrons. The Kier molecular flexibility index (Phi) is 9.25. The SMILES string of the molecule is CCOc1ccc(CCNC(=O)c2ccc3c(c2)N(Cc2cccc(Cl)c2)C(=O)c2ccccc2[S@]3=O)cc1OCC. The highest BCUT2D eigenvalue weighted by Gasteiger charge is 2.31. The molecule has 0 unspecified atom stereocenters. The number of halogens is 1. The molecule has 1 heterocycles. The second-order valence-corrected chi connectivity index (χ2v) is 11.5. The van der Waals surface area contributed by atoms with Crippen LogP contribution in [-0.4, -0.2) is 35.8 Å². The van der Waals surface area contributed by atoms with Crippen molar-refractivity contribution in [3.63, 3.8) is 0 Å². The predicted molar refractivity (Wildman–Crippen MR) is 164 cm³/mol. The van der Waals surface area contributed by atoms with Crippen LogP contribution in [0.5, 0.6) is 11.5 Å². The number of ether oxygens (including phenoxy) is 2. The second-order valence-electron chi connectivity index (χ2n) is 9.62. The van der Waals surface area contributed by atoms with Gasteiger partial charge in [0.15, 0.2) is 11.5 Å². The van der Waals surface area contributed by atoms with Crippen molar-refractivity contribution in [3.8, 4) is 11.5 Å². The van der Waals surface area contributed by atoms with Gasteiger partial charge in [0.1, 0.15) is 0 Å². The zero-order chi connectivity index (χ0) is 29.6. The summed E-state index contributed by atoms with van der Waals surface area (Å²) in [7, 11) is -1.61. The maximum atomic E-state index is 13.8. The third-order valence-corrected chi connectivity index (χ3v) is 8.55. The summed E-state index contributed by atoms with van der Waals surface area (Å²) >= 11 is 6.22. The van der Waals surface area contributed by atoms with E-state index < -0.39 is 10.8 Å². The monoisotopic (exact) mass is 602 g/mol. The van der Waals surface area contributed by atoms with Crippen LogP contribution in [0.1, 0.15) is 45.7 Å². The van der Waals surface area contributed by atoms with Gasteiger partial charge in [-0.2, -0.15) is 0 Å². The Morgan fingerprint density at radius 1 is 0.857 bits per heavy atom. The van der Waals surface area contributed by atoms with Crippen molar-refractivity contribution in [3.05, 3.63) is 112 Å². The van der Waals surface area contributed by atoms with Crippen LogP contribution >= 0.6 is 11.6 Å². The highest BCUT2D eigenvalue weighted by Crippen LogP contribution is 2.36. The minimum Gasteiger partial charge on any atom is -0.490 e. The van der Waals surface area contributed by atoms with Gasteiger partial charge in [-0.15, -0.1) is 0 Å². The average molecular weight is 603 g/mol.